The highest BCUT2D eigenvalue weighted by molar-refractivity contribution is 7.98. The lowest BCUT2D eigenvalue weighted by Crippen LogP contribution is -1.91. The molecule has 1 aromatic heterocycles. The van der Waals surface area contributed by atoms with Crippen molar-refractivity contribution in [3.05, 3.63) is 66.1 Å². The minimum atomic E-state index is -0.374. The number of para-hydroxylation sites is 1. The summed E-state index contributed by atoms with van der Waals surface area (Å²) >= 11 is 1.55. The van der Waals surface area contributed by atoms with Crippen molar-refractivity contribution in [2.24, 2.45) is 0 Å². The first-order valence-corrected chi connectivity index (χ1v) is 7.23. The molecular formula is C16H13FN2S. The van der Waals surface area contributed by atoms with Crippen LogP contribution in [0.1, 0.15) is 5.69 Å². The topological polar surface area (TPSA) is 38.9 Å². The van der Waals surface area contributed by atoms with Crippen LogP contribution in [0.3, 0.4) is 0 Å². The average molecular weight is 284 g/mol. The molecule has 0 saturated heterocycles. The van der Waals surface area contributed by atoms with Gasteiger partial charge in [0.05, 0.1) is 16.9 Å². The van der Waals surface area contributed by atoms with Crippen LogP contribution in [0.2, 0.25) is 0 Å². The summed E-state index contributed by atoms with van der Waals surface area (Å²) in [5.41, 5.74) is 7.60. The largest absolute Gasteiger partial charge is 0.396 e. The van der Waals surface area contributed by atoms with Gasteiger partial charge in [-0.05, 0) is 30.3 Å². The third kappa shape index (κ3) is 2.75. The molecular weight excluding hydrogens is 271 g/mol. The lowest BCUT2D eigenvalue weighted by atomic mass is 10.2. The summed E-state index contributed by atoms with van der Waals surface area (Å²) in [5, 5.41) is 1.12. The van der Waals surface area contributed by atoms with Crippen molar-refractivity contribution in [2.45, 2.75) is 10.6 Å². The monoisotopic (exact) mass is 284 g/mol. The van der Waals surface area contributed by atoms with E-state index >= 15 is 0 Å². The van der Waals surface area contributed by atoms with E-state index in [4.69, 9.17) is 5.73 Å². The van der Waals surface area contributed by atoms with E-state index in [1.54, 1.807) is 17.8 Å². The molecule has 0 atom stereocenters. The summed E-state index contributed by atoms with van der Waals surface area (Å²) in [5.74, 6) is 0.329. The van der Waals surface area contributed by atoms with E-state index < -0.39 is 0 Å². The Bertz CT molecular complexity index is 758. The minimum absolute atomic E-state index is 0.179. The van der Waals surface area contributed by atoms with Crippen LogP contribution in [0.5, 0.6) is 0 Å². The van der Waals surface area contributed by atoms with E-state index in [2.05, 4.69) is 11.1 Å². The predicted molar refractivity (Wildman–Crippen MR) is 82.1 cm³/mol. The fourth-order valence-electron chi connectivity index (χ4n) is 1.94. The summed E-state index contributed by atoms with van der Waals surface area (Å²) in [6, 6.07) is 16.9. The highest BCUT2D eigenvalue weighted by atomic mass is 32.2. The molecule has 0 aliphatic heterocycles. The molecule has 0 saturated carbocycles. The standard InChI is InChI=1S/C16H13FN2S/c17-14-9-13(7-8-15(14)18)20-10-12-6-5-11-3-1-2-4-16(11)19-12/h1-9H,10,18H2. The van der Waals surface area contributed by atoms with E-state index in [-0.39, 0.29) is 11.5 Å². The van der Waals surface area contributed by atoms with Gasteiger partial charge < -0.3 is 5.73 Å². The third-order valence-corrected chi connectivity index (χ3v) is 4.04. The predicted octanol–water partition coefficient (Wildman–Crippen LogP) is 4.25. The lowest BCUT2D eigenvalue weighted by molar-refractivity contribution is 0.629. The van der Waals surface area contributed by atoms with Gasteiger partial charge in [-0.1, -0.05) is 24.3 Å². The molecule has 0 amide bonds. The zero-order chi connectivity index (χ0) is 13.9. The number of nitrogens with zero attached hydrogens (tertiary/aromatic N) is 1. The number of aromatic nitrogens is 1. The maximum absolute atomic E-state index is 13.4. The average Bonchev–Trinajstić information content (AvgIpc) is 2.48. The number of rotatable bonds is 3. The third-order valence-electron chi connectivity index (χ3n) is 3.01. The Balaban J connectivity index is 1.77. The quantitative estimate of drug-likeness (QED) is 0.577. The first kappa shape index (κ1) is 12.9. The second-order valence-corrected chi connectivity index (χ2v) is 5.52. The Morgan fingerprint density at radius 3 is 2.75 bits per heavy atom. The lowest BCUT2D eigenvalue weighted by Gasteiger charge is -2.04. The van der Waals surface area contributed by atoms with E-state index in [0.29, 0.717) is 5.75 Å². The van der Waals surface area contributed by atoms with Crippen LogP contribution < -0.4 is 5.73 Å². The van der Waals surface area contributed by atoms with Gasteiger partial charge in [-0.3, -0.25) is 4.98 Å². The molecule has 0 spiro atoms. The van der Waals surface area contributed by atoms with Crippen molar-refractivity contribution >= 4 is 28.4 Å². The maximum atomic E-state index is 13.4. The van der Waals surface area contributed by atoms with Crippen LogP contribution in [0.15, 0.2) is 59.5 Å². The SMILES string of the molecule is Nc1ccc(SCc2ccc3ccccc3n2)cc1F. The molecule has 1 heterocycles. The fourth-order valence-corrected chi connectivity index (χ4v) is 2.77. The van der Waals surface area contributed by atoms with E-state index in [0.717, 1.165) is 21.5 Å². The van der Waals surface area contributed by atoms with Gasteiger partial charge in [0, 0.05) is 16.0 Å². The number of thioether (sulfide) groups is 1. The smallest absolute Gasteiger partial charge is 0.147 e. The summed E-state index contributed by atoms with van der Waals surface area (Å²) in [7, 11) is 0. The first-order chi connectivity index (χ1) is 9.72. The Morgan fingerprint density at radius 1 is 1.05 bits per heavy atom. The van der Waals surface area contributed by atoms with Gasteiger partial charge in [-0.2, -0.15) is 0 Å². The van der Waals surface area contributed by atoms with Gasteiger partial charge in [-0.15, -0.1) is 11.8 Å². The van der Waals surface area contributed by atoms with Crippen LogP contribution in [0.4, 0.5) is 10.1 Å². The molecule has 0 aliphatic carbocycles. The molecule has 0 fully saturated rings. The van der Waals surface area contributed by atoms with Crippen molar-refractivity contribution in [3.63, 3.8) is 0 Å². The van der Waals surface area contributed by atoms with Crippen LogP contribution in [0, 0.1) is 5.82 Å². The maximum Gasteiger partial charge on any atom is 0.147 e. The molecule has 3 aromatic rings. The molecule has 0 bridgehead atoms. The van der Waals surface area contributed by atoms with Gasteiger partial charge in [0.15, 0.2) is 0 Å². The van der Waals surface area contributed by atoms with Crippen LogP contribution in [0.25, 0.3) is 10.9 Å². The zero-order valence-corrected chi connectivity index (χ0v) is 11.5. The van der Waals surface area contributed by atoms with E-state index in [1.165, 1.54) is 6.07 Å². The zero-order valence-electron chi connectivity index (χ0n) is 10.7. The Morgan fingerprint density at radius 2 is 1.90 bits per heavy atom. The van der Waals surface area contributed by atoms with Gasteiger partial charge in [0.2, 0.25) is 0 Å². The highest BCUT2D eigenvalue weighted by Gasteiger charge is 2.03. The fraction of sp³-hybridized carbons (Fsp3) is 0.0625. The molecule has 2 N–H and O–H groups in total. The Hall–Kier alpha value is -2.07. The number of halogens is 1. The number of anilines is 1. The summed E-state index contributed by atoms with van der Waals surface area (Å²) in [6.45, 7) is 0. The second kappa shape index (κ2) is 5.51. The van der Waals surface area contributed by atoms with Crippen molar-refractivity contribution in [1.82, 2.24) is 4.98 Å². The van der Waals surface area contributed by atoms with Crippen molar-refractivity contribution < 1.29 is 4.39 Å². The normalized spacial score (nSPS) is 10.8. The molecule has 2 aromatic carbocycles. The molecule has 0 unspecified atom stereocenters. The molecule has 20 heavy (non-hydrogen) atoms. The van der Waals surface area contributed by atoms with Gasteiger partial charge in [0.25, 0.3) is 0 Å². The van der Waals surface area contributed by atoms with Crippen molar-refractivity contribution in [3.8, 4) is 0 Å². The molecule has 100 valence electrons. The van der Waals surface area contributed by atoms with Gasteiger partial charge in [0.1, 0.15) is 5.82 Å². The van der Waals surface area contributed by atoms with E-state index in [9.17, 15) is 4.39 Å². The molecule has 2 nitrogen and oxygen atoms in total. The summed E-state index contributed by atoms with van der Waals surface area (Å²) in [6.07, 6.45) is 0. The molecule has 3 rings (SSSR count). The van der Waals surface area contributed by atoms with Gasteiger partial charge >= 0.3 is 0 Å². The summed E-state index contributed by atoms with van der Waals surface area (Å²) in [4.78, 5) is 5.44. The molecule has 0 aliphatic rings. The number of hydrogen-bond acceptors (Lipinski definition) is 3. The van der Waals surface area contributed by atoms with Crippen LogP contribution in [-0.4, -0.2) is 4.98 Å². The second-order valence-electron chi connectivity index (χ2n) is 4.47. The van der Waals surface area contributed by atoms with Crippen LogP contribution in [-0.2, 0) is 5.75 Å². The number of hydrogen-bond donors (Lipinski definition) is 1. The minimum Gasteiger partial charge on any atom is -0.396 e. The van der Waals surface area contributed by atoms with Crippen LogP contribution >= 0.6 is 11.8 Å². The van der Waals surface area contributed by atoms with E-state index in [1.807, 2.05) is 36.4 Å². The molecule has 4 heteroatoms. The molecule has 0 radical (unpaired) electrons. The van der Waals surface area contributed by atoms with Crippen molar-refractivity contribution in [2.75, 3.05) is 5.73 Å². The number of nitrogen functional groups attached to an aromatic ring is 1. The number of pyridine rings is 1. The first-order valence-electron chi connectivity index (χ1n) is 6.25. The van der Waals surface area contributed by atoms with Gasteiger partial charge in [-0.25, -0.2) is 4.39 Å². The highest BCUT2D eigenvalue weighted by Crippen LogP contribution is 2.25. The Kier molecular flexibility index (Phi) is 3.56. The Labute approximate surface area is 120 Å². The summed E-state index contributed by atoms with van der Waals surface area (Å²) < 4.78 is 13.4. The van der Waals surface area contributed by atoms with Crippen molar-refractivity contribution in [1.29, 1.82) is 0 Å². The number of benzene rings is 2. The number of nitrogens with two attached hydrogens (primary N) is 1. The number of fused-ring (bicyclic) bond motifs is 1.